The monoisotopic (exact) mass is 510 g/mol. The number of phenolic OH excluding ortho intramolecular Hbond substituents is 1. The van der Waals surface area contributed by atoms with E-state index in [0.29, 0.717) is 74.1 Å². The van der Waals surface area contributed by atoms with Crippen molar-refractivity contribution in [3.8, 4) is 23.0 Å². The van der Waals surface area contributed by atoms with Crippen LogP contribution in [-0.2, 0) is 16.0 Å². The van der Waals surface area contributed by atoms with Crippen molar-refractivity contribution in [1.82, 2.24) is 0 Å². The Bertz CT molecular complexity index is 1200. The van der Waals surface area contributed by atoms with Crippen LogP contribution in [0.25, 0.3) is 10.8 Å². The number of carboxylic acid groups (broad SMARTS) is 1. The lowest BCUT2D eigenvalue weighted by Gasteiger charge is -2.15. The van der Waals surface area contributed by atoms with E-state index in [4.69, 9.17) is 24.1 Å². The van der Waals surface area contributed by atoms with Crippen LogP contribution in [0.15, 0.2) is 48.5 Å². The number of hydrogen-bond acceptors (Lipinski definition) is 7. The Hall–Kier alpha value is -3.78. The molecule has 0 bridgehead atoms. The quantitative estimate of drug-likeness (QED) is 0.194. The van der Waals surface area contributed by atoms with Gasteiger partial charge in [0.2, 0.25) is 0 Å². The van der Waals surface area contributed by atoms with Crippen LogP contribution in [0.2, 0.25) is 0 Å². The molecule has 0 radical (unpaired) electrons. The first-order chi connectivity index (χ1) is 17.9. The van der Waals surface area contributed by atoms with Gasteiger partial charge in [-0.3, -0.25) is 4.79 Å². The highest BCUT2D eigenvalue weighted by molar-refractivity contribution is 5.97. The maximum absolute atomic E-state index is 11.7. The highest BCUT2D eigenvalue weighted by Crippen LogP contribution is 2.34. The zero-order valence-corrected chi connectivity index (χ0v) is 21.3. The lowest BCUT2D eigenvalue weighted by atomic mass is 10.0. The topological polar surface area (TPSA) is 112 Å². The summed E-state index contributed by atoms with van der Waals surface area (Å²) >= 11 is 0. The van der Waals surface area contributed by atoms with Crippen molar-refractivity contribution in [3.63, 3.8) is 0 Å². The van der Waals surface area contributed by atoms with E-state index in [0.717, 1.165) is 17.2 Å². The Labute approximate surface area is 216 Å². The van der Waals surface area contributed by atoms with E-state index in [1.54, 1.807) is 24.3 Å². The standard InChI is InChI=1S/C29H34O8/c1-3-8-24-27(12-11-21(20(2)30)29(24)33)36-18-7-16-34-15-6-17-35-25-13-14-26(37-19-28(31)32)23-10-5-4-9-22(23)25/h4-5,9-14,33H,3,6-8,15-19H2,1-2H3,(H,31,32). The molecule has 0 aliphatic carbocycles. The van der Waals surface area contributed by atoms with Crippen molar-refractivity contribution in [1.29, 1.82) is 0 Å². The molecule has 0 amide bonds. The average molecular weight is 511 g/mol. The molecule has 0 aliphatic heterocycles. The Kier molecular flexibility index (Phi) is 10.6. The number of rotatable bonds is 16. The number of hydrogen-bond donors (Lipinski definition) is 2. The van der Waals surface area contributed by atoms with E-state index in [-0.39, 0.29) is 11.5 Å². The summed E-state index contributed by atoms with van der Waals surface area (Å²) in [5.74, 6) is 0.618. The summed E-state index contributed by atoms with van der Waals surface area (Å²) in [5.41, 5.74) is 0.985. The molecule has 2 N–H and O–H groups in total. The van der Waals surface area contributed by atoms with Crippen LogP contribution < -0.4 is 14.2 Å². The molecule has 0 unspecified atom stereocenters. The van der Waals surface area contributed by atoms with Gasteiger partial charge in [0.15, 0.2) is 12.4 Å². The fraction of sp³-hybridized carbons (Fsp3) is 0.379. The van der Waals surface area contributed by atoms with Gasteiger partial charge in [-0.25, -0.2) is 4.79 Å². The fourth-order valence-electron chi connectivity index (χ4n) is 3.95. The summed E-state index contributed by atoms with van der Waals surface area (Å²) in [7, 11) is 0. The van der Waals surface area contributed by atoms with Crippen molar-refractivity contribution in [2.75, 3.05) is 33.0 Å². The first-order valence-electron chi connectivity index (χ1n) is 12.5. The van der Waals surface area contributed by atoms with Gasteiger partial charge in [0, 0.05) is 42.4 Å². The predicted molar refractivity (Wildman–Crippen MR) is 140 cm³/mol. The van der Waals surface area contributed by atoms with Gasteiger partial charge in [-0.2, -0.15) is 0 Å². The van der Waals surface area contributed by atoms with Gasteiger partial charge in [0.25, 0.3) is 0 Å². The SMILES string of the molecule is CCCc1c(OCCCOCCCOc2ccc(OCC(=O)O)c3ccccc23)ccc(C(C)=O)c1O. The molecular formula is C29H34O8. The van der Waals surface area contributed by atoms with E-state index in [9.17, 15) is 14.7 Å². The van der Waals surface area contributed by atoms with E-state index >= 15 is 0 Å². The maximum atomic E-state index is 11.7. The van der Waals surface area contributed by atoms with Gasteiger partial charge in [-0.15, -0.1) is 0 Å². The molecule has 0 fully saturated rings. The Morgan fingerprint density at radius 3 is 1.92 bits per heavy atom. The van der Waals surface area contributed by atoms with Crippen LogP contribution >= 0.6 is 0 Å². The van der Waals surface area contributed by atoms with Crippen LogP contribution in [0.5, 0.6) is 23.0 Å². The lowest BCUT2D eigenvalue weighted by molar-refractivity contribution is -0.139. The molecule has 0 saturated carbocycles. The number of benzene rings is 3. The van der Waals surface area contributed by atoms with E-state index in [2.05, 4.69) is 0 Å². The molecule has 198 valence electrons. The molecule has 3 aromatic carbocycles. The van der Waals surface area contributed by atoms with Crippen molar-refractivity contribution >= 4 is 22.5 Å². The number of carbonyl (C=O) groups excluding carboxylic acids is 1. The van der Waals surface area contributed by atoms with Gasteiger partial charge >= 0.3 is 5.97 Å². The van der Waals surface area contributed by atoms with Crippen molar-refractivity contribution < 1.29 is 38.7 Å². The van der Waals surface area contributed by atoms with Crippen LogP contribution in [0, 0.1) is 0 Å². The van der Waals surface area contributed by atoms with Crippen LogP contribution in [0.3, 0.4) is 0 Å². The molecule has 0 saturated heterocycles. The second-order valence-electron chi connectivity index (χ2n) is 8.55. The Balaban J connectivity index is 1.39. The summed E-state index contributed by atoms with van der Waals surface area (Å²) in [5, 5.41) is 20.9. The van der Waals surface area contributed by atoms with E-state index in [1.807, 2.05) is 31.2 Å². The molecule has 3 aromatic rings. The van der Waals surface area contributed by atoms with E-state index in [1.165, 1.54) is 6.92 Å². The van der Waals surface area contributed by atoms with Crippen molar-refractivity contribution in [2.24, 2.45) is 0 Å². The molecule has 8 heteroatoms. The van der Waals surface area contributed by atoms with E-state index < -0.39 is 12.6 Å². The highest BCUT2D eigenvalue weighted by Gasteiger charge is 2.16. The zero-order valence-electron chi connectivity index (χ0n) is 21.3. The summed E-state index contributed by atoms with van der Waals surface area (Å²) in [6.07, 6.45) is 2.85. The number of aliphatic carboxylic acids is 1. The number of Topliss-reactive ketones (excluding diaryl/α,β-unsaturated/α-hetero) is 1. The normalized spacial score (nSPS) is 10.9. The van der Waals surface area contributed by atoms with Crippen molar-refractivity contribution in [2.45, 2.75) is 39.5 Å². The first-order valence-corrected chi connectivity index (χ1v) is 12.5. The number of aromatic hydroxyl groups is 1. The molecule has 0 atom stereocenters. The number of phenols is 1. The third-order valence-electron chi connectivity index (χ3n) is 5.70. The minimum absolute atomic E-state index is 0.0123. The molecule has 8 nitrogen and oxygen atoms in total. The van der Waals surface area contributed by atoms with Gasteiger partial charge in [0.05, 0.1) is 18.8 Å². The summed E-state index contributed by atoms with van der Waals surface area (Å²) in [6, 6.07) is 14.4. The zero-order chi connectivity index (χ0) is 26.6. The predicted octanol–water partition coefficient (Wildman–Crippen LogP) is 5.42. The maximum Gasteiger partial charge on any atom is 0.341 e. The second-order valence-corrected chi connectivity index (χ2v) is 8.55. The fourth-order valence-corrected chi connectivity index (χ4v) is 3.95. The number of ether oxygens (including phenoxy) is 4. The minimum Gasteiger partial charge on any atom is -0.507 e. The Morgan fingerprint density at radius 2 is 1.35 bits per heavy atom. The summed E-state index contributed by atoms with van der Waals surface area (Å²) in [6.45, 7) is 5.01. The van der Waals surface area contributed by atoms with Gasteiger partial charge in [-0.05, 0) is 37.6 Å². The average Bonchev–Trinajstić information content (AvgIpc) is 2.88. The molecule has 3 rings (SSSR count). The van der Waals surface area contributed by atoms with Crippen LogP contribution in [0.1, 0.15) is 49.0 Å². The van der Waals surface area contributed by atoms with Gasteiger partial charge in [-0.1, -0.05) is 37.6 Å². The minimum atomic E-state index is -1.03. The second kappa shape index (κ2) is 14.1. The Morgan fingerprint density at radius 1 is 0.784 bits per heavy atom. The largest absolute Gasteiger partial charge is 0.507 e. The lowest BCUT2D eigenvalue weighted by Crippen LogP contribution is -2.10. The number of carbonyl (C=O) groups is 2. The summed E-state index contributed by atoms with van der Waals surface area (Å²) < 4.78 is 22.9. The molecule has 37 heavy (non-hydrogen) atoms. The molecule has 0 heterocycles. The smallest absolute Gasteiger partial charge is 0.341 e. The number of carboxylic acids is 1. The molecule has 0 aromatic heterocycles. The molecular weight excluding hydrogens is 476 g/mol. The highest BCUT2D eigenvalue weighted by atomic mass is 16.5. The molecule has 0 spiro atoms. The number of ketones is 1. The van der Waals surface area contributed by atoms with Crippen molar-refractivity contribution in [3.05, 3.63) is 59.7 Å². The van der Waals surface area contributed by atoms with Gasteiger partial charge in [0.1, 0.15) is 23.0 Å². The van der Waals surface area contributed by atoms with Crippen LogP contribution in [-0.4, -0.2) is 55.0 Å². The first kappa shape index (κ1) is 27.8. The number of fused-ring (bicyclic) bond motifs is 1. The van der Waals surface area contributed by atoms with Gasteiger partial charge < -0.3 is 29.2 Å². The third kappa shape index (κ3) is 7.85. The van der Waals surface area contributed by atoms with Crippen LogP contribution in [0.4, 0.5) is 0 Å². The molecule has 0 aliphatic rings. The third-order valence-corrected chi connectivity index (χ3v) is 5.70. The summed E-state index contributed by atoms with van der Waals surface area (Å²) in [4.78, 5) is 22.5.